The van der Waals surface area contributed by atoms with Gasteiger partial charge in [-0.2, -0.15) is 0 Å². The average Bonchev–Trinajstić information content (AvgIpc) is 2.26. The molecule has 3 heteroatoms. The lowest BCUT2D eigenvalue weighted by Gasteiger charge is -2.08. The molecule has 0 saturated heterocycles. The molecule has 0 aliphatic heterocycles. The van der Waals surface area contributed by atoms with Crippen molar-refractivity contribution in [1.82, 2.24) is 0 Å². The van der Waals surface area contributed by atoms with Crippen molar-refractivity contribution in [2.75, 3.05) is 13.2 Å². The Balaban J connectivity index is 2.74. The highest BCUT2D eigenvalue weighted by atomic mass is 16.5. The van der Waals surface area contributed by atoms with E-state index in [4.69, 9.17) is 9.47 Å². The van der Waals surface area contributed by atoms with Gasteiger partial charge in [-0.1, -0.05) is 25.3 Å². The zero-order valence-electron chi connectivity index (χ0n) is 8.48. The summed E-state index contributed by atoms with van der Waals surface area (Å²) in [6.45, 7) is 7.84. The molecule has 80 valence electrons. The lowest BCUT2D eigenvalue weighted by molar-refractivity contribution is 0.326. The predicted octanol–water partition coefficient (Wildman–Crippen LogP) is 2.52. The van der Waals surface area contributed by atoms with Gasteiger partial charge in [-0.3, -0.25) is 0 Å². The fraction of sp³-hybridized carbons (Fsp3) is 0.167. The van der Waals surface area contributed by atoms with Gasteiger partial charge in [0.2, 0.25) is 0 Å². The molecular weight excluding hydrogens is 192 g/mol. The highest BCUT2D eigenvalue weighted by Crippen LogP contribution is 2.30. The fourth-order valence-electron chi connectivity index (χ4n) is 1.00. The lowest BCUT2D eigenvalue weighted by Crippen LogP contribution is -1.96. The Morgan fingerprint density at radius 2 is 1.80 bits per heavy atom. The third-order valence-electron chi connectivity index (χ3n) is 1.66. The average molecular weight is 206 g/mol. The highest BCUT2D eigenvalue weighted by Gasteiger charge is 2.03. The second kappa shape index (κ2) is 5.75. The predicted molar refractivity (Wildman–Crippen MR) is 59.5 cm³/mol. The van der Waals surface area contributed by atoms with Gasteiger partial charge in [-0.25, -0.2) is 0 Å². The number of phenols is 1. The molecule has 0 bridgehead atoms. The van der Waals surface area contributed by atoms with Gasteiger partial charge in [0.15, 0.2) is 11.5 Å². The van der Waals surface area contributed by atoms with Crippen molar-refractivity contribution in [2.24, 2.45) is 0 Å². The first-order chi connectivity index (χ1) is 7.27. The monoisotopic (exact) mass is 206 g/mol. The minimum Gasteiger partial charge on any atom is -0.504 e. The van der Waals surface area contributed by atoms with E-state index in [0.29, 0.717) is 24.7 Å². The van der Waals surface area contributed by atoms with E-state index in [1.54, 1.807) is 24.3 Å². The Labute approximate surface area is 89.3 Å². The number of hydrogen-bond acceptors (Lipinski definition) is 3. The van der Waals surface area contributed by atoms with Gasteiger partial charge in [0.1, 0.15) is 19.0 Å². The largest absolute Gasteiger partial charge is 0.504 e. The van der Waals surface area contributed by atoms with E-state index in [-0.39, 0.29) is 5.75 Å². The number of benzene rings is 1. The second-order valence-electron chi connectivity index (χ2n) is 2.83. The summed E-state index contributed by atoms with van der Waals surface area (Å²) in [6.07, 6.45) is 3.26. The SMILES string of the molecule is C=CCOc1ccc(O)c(OCC=C)c1. The normalized spacial score (nSPS) is 9.33. The number of ether oxygens (including phenoxy) is 2. The molecule has 0 atom stereocenters. The van der Waals surface area contributed by atoms with Gasteiger partial charge in [0.25, 0.3) is 0 Å². The van der Waals surface area contributed by atoms with Gasteiger partial charge < -0.3 is 14.6 Å². The van der Waals surface area contributed by atoms with Crippen molar-refractivity contribution < 1.29 is 14.6 Å². The Morgan fingerprint density at radius 1 is 1.13 bits per heavy atom. The molecule has 0 unspecified atom stereocenters. The van der Waals surface area contributed by atoms with Crippen LogP contribution in [0.15, 0.2) is 43.5 Å². The molecule has 0 heterocycles. The van der Waals surface area contributed by atoms with Crippen molar-refractivity contribution in [3.8, 4) is 17.2 Å². The third kappa shape index (κ3) is 3.38. The summed E-state index contributed by atoms with van der Waals surface area (Å²) in [5, 5.41) is 9.45. The van der Waals surface area contributed by atoms with Crippen LogP contribution in [0, 0.1) is 0 Å². The summed E-state index contributed by atoms with van der Waals surface area (Å²) in [7, 11) is 0. The van der Waals surface area contributed by atoms with Gasteiger partial charge in [-0.15, -0.1) is 0 Å². The molecule has 1 aromatic rings. The number of aromatic hydroxyl groups is 1. The smallest absolute Gasteiger partial charge is 0.165 e. The summed E-state index contributed by atoms with van der Waals surface area (Å²) in [4.78, 5) is 0. The van der Waals surface area contributed by atoms with E-state index in [9.17, 15) is 5.11 Å². The van der Waals surface area contributed by atoms with Crippen LogP contribution in [0.4, 0.5) is 0 Å². The molecule has 15 heavy (non-hydrogen) atoms. The summed E-state index contributed by atoms with van der Waals surface area (Å²) < 4.78 is 10.5. The van der Waals surface area contributed by atoms with Crippen LogP contribution >= 0.6 is 0 Å². The van der Waals surface area contributed by atoms with Crippen LogP contribution in [0.5, 0.6) is 17.2 Å². The van der Waals surface area contributed by atoms with Crippen molar-refractivity contribution in [3.05, 3.63) is 43.5 Å². The van der Waals surface area contributed by atoms with Crippen LogP contribution in [0.25, 0.3) is 0 Å². The molecule has 0 amide bonds. The van der Waals surface area contributed by atoms with Crippen LogP contribution in [0.1, 0.15) is 0 Å². The number of phenolic OH excluding ortho intramolecular Hbond substituents is 1. The van der Waals surface area contributed by atoms with E-state index in [1.165, 1.54) is 6.07 Å². The molecule has 3 nitrogen and oxygen atoms in total. The number of rotatable bonds is 6. The van der Waals surface area contributed by atoms with E-state index in [0.717, 1.165) is 0 Å². The zero-order valence-corrected chi connectivity index (χ0v) is 8.48. The van der Waals surface area contributed by atoms with Crippen LogP contribution in [0.3, 0.4) is 0 Å². The standard InChI is InChI=1S/C12H14O3/c1-3-7-14-10-5-6-11(13)12(9-10)15-8-4-2/h3-6,9,13H,1-2,7-8H2. The second-order valence-corrected chi connectivity index (χ2v) is 2.83. The summed E-state index contributed by atoms with van der Waals surface area (Å²) in [6, 6.07) is 4.82. The first kappa shape index (κ1) is 11.2. The van der Waals surface area contributed by atoms with Crippen molar-refractivity contribution in [2.45, 2.75) is 0 Å². The molecule has 0 spiro atoms. The Bertz CT molecular complexity index is 345. The van der Waals surface area contributed by atoms with E-state index in [1.807, 2.05) is 0 Å². The molecule has 0 aliphatic rings. The molecule has 1 N–H and O–H groups in total. The highest BCUT2D eigenvalue weighted by molar-refractivity contribution is 5.44. The third-order valence-corrected chi connectivity index (χ3v) is 1.66. The molecule has 1 rings (SSSR count). The maximum atomic E-state index is 9.45. The zero-order chi connectivity index (χ0) is 11.1. The van der Waals surface area contributed by atoms with Gasteiger partial charge in [-0.05, 0) is 12.1 Å². The van der Waals surface area contributed by atoms with Gasteiger partial charge >= 0.3 is 0 Å². The molecule has 0 aliphatic carbocycles. The van der Waals surface area contributed by atoms with Gasteiger partial charge in [0, 0.05) is 6.07 Å². The minimum absolute atomic E-state index is 0.0859. The maximum Gasteiger partial charge on any atom is 0.165 e. The van der Waals surface area contributed by atoms with Crippen LogP contribution in [-0.2, 0) is 0 Å². The van der Waals surface area contributed by atoms with Crippen molar-refractivity contribution in [3.63, 3.8) is 0 Å². The summed E-state index contributed by atoms with van der Waals surface area (Å²) >= 11 is 0. The van der Waals surface area contributed by atoms with Crippen LogP contribution in [0.2, 0.25) is 0 Å². The molecule has 0 saturated carbocycles. The molecule has 1 aromatic carbocycles. The van der Waals surface area contributed by atoms with Crippen LogP contribution in [-0.4, -0.2) is 18.3 Å². The van der Waals surface area contributed by atoms with E-state index in [2.05, 4.69) is 13.2 Å². The minimum atomic E-state index is 0.0859. The molecule has 0 fully saturated rings. The topological polar surface area (TPSA) is 38.7 Å². The maximum absolute atomic E-state index is 9.45. The summed E-state index contributed by atoms with van der Waals surface area (Å²) in [5.41, 5.74) is 0. The quantitative estimate of drug-likeness (QED) is 0.727. The molecule has 0 radical (unpaired) electrons. The van der Waals surface area contributed by atoms with Crippen molar-refractivity contribution in [1.29, 1.82) is 0 Å². The Morgan fingerprint density at radius 3 is 2.47 bits per heavy atom. The Hall–Kier alpha value is -1.90. The van der Waals surface area contributed by atoms with E-state index < -0.39 is 0 Å². The van der Waals surface area contributed by atoms with Crippen molar-refractivity contribution >= 4 is 0 Å². The van der Waals surface area contributed by atoms with E-state index >= 15 is 0 Å². The molecular formula is C12H14O3. The Kier molecular flexibility index (Phi) is 4.29. The lowest BCUT2D eigenvalue weighted by atomic mass is 10.3. The first-order valence-corrected chi connectivity index (χ1v) is 4.58. The summed E-state index contributed by atoms with van der Waals surface area (Å²) in [5.74, 6) is 1.10. The van der Waals surface area contributed by atoms with Gasteiger partial charge in [0.05, 0.1) is 0 Å². The molecule has 0 aromatic heterocycles. The number of hydrogen-bond donors (Lipinski definition) is 1. The fourth-order valence-corrected chi connectivity index (χ4v) is 1.00. The van der Waals surface area contributed by atoms with Crippen LogP contribution < -0.4 is 9.47 Å². The first-order valence-electron chi connectivity index (χ1n) is 4.58.